The minimum atomic E-state index is -0.290. The lowest BCUT2D eigenvalue weighted by Gasteiger charge is -2.15. The fraction of sp³-hybridized carbons (Fsp3) is 0.214. The standard InChI is InChI=1S/C14H14N4O2/c15-10-6-13(20)18(8-10)14-16-11(7-12(19)17-14)9-4-2-1-3-5-9/h1-5,7,10H,6,8,15H2,(H,16,17,19). The molecule has 0 spiro atoms. The summed E-state index contributed by atoms with van der Waals surface area (Å²) in [6.45, 7) is 0.375. The second-order valence-electron chi connectivity index (χ2n) is 4.79. The van der Waals surface area contributed by atoms with Crippen molar-refractivity contribution >= 4 is 11.9 Å². The van der Waals surface area contributed by atoms with Crippen LogP contribution in [-0.2, 0) is 4.79 Å². The number of anilines is 1. The lowest BCUT2D eigenvalue weighted by molar-refractivity contribution is -0.117. The van der Waals surface area contributed by atoms with Crippen LogP contribution in [0.5, 0.6) is 0 Å². The molecule has 1 aromatic carbocycles. The largest absolute Gasteiger partial charge is 0.326 e. The molecule has 20 heavy (non-hydrogen) atoms. The van der Waals surface area contributed by atoms with Crippen LogP contribution in [0.15, 0.2) is 41.2 Å². The highest BCUT2D eigenvalue weighted by atomic mass is 16.2. The van der Waals surface area contributed by atoms with E-state index in [1.165, 1.54) is 11.0 Å². The maximum absolute atomic E-state index is 11.8. The van der Waals surface area contributed by atoms with Crippen molar-refractivity contribution in [3.8, 4) is 11.3 Å². The van der Waals surface area contributed by atoms with Gasteiger partial charge in [0.2, 0.25) is 11.9 Å². The molecule has 6 heteroatoms. The molecule has 1 atom stereocenters. The number of hydrogen-bond acceptors (Lipinski definition) is 4. The molecule has 1 unspecified atom stereocenters. The summed E-state index contributed by atoms with van der Waals surface area (Å²) in [5, 5.41) is 0. The van der Waals surface area contributed by atoms with Crippen LogP contribution >= 0.6 is 0 Å². The second-order valence-corrected chi connectivity index (χ2v) is 4.79. The molecule has 1 aliphatic heterocycles. The Kier molecular flexibility index (Phi) is 3.08. The highest BCUT2D eigenvalue weighted by molar-refractivity contribution is 5.94. The van der Waals surface area contributed by atoms with Crippen molar-refractivity contribution in [3.05, 3.63) is 46.8 Å². The van der Waals surface area contributed by atoms with E-state index in [0.717, 1.165) is 5.56 Å². The molecule has 0 saturated carbocycles. The molecule has 0 aliphatic carbocycles. The van der Waals surface area contributed by atoms with Crippen molar-refractivity contribution < 1.29 is 4.79 Å². The average molecular weight is 270 g/mol. The molecular formula is C14H14N4O2. The molecule has 0 bridgehead atoms. The van der Waals surface area contributed by atoms with E-state index in [0.29, 0.717) is 12.2 Å². The molecule has 3 rings (SSSR count). The minimum Gasteiger partial charge on any atom is -0.326 e. The number of amides is 1. The van der Waals surface area contributed by atoms with E-state index in [4.69, 9.17) is 5.73 Å². The zero-order chi connectivity index (χ0) is 14.1. The van der Waals surface area contributed by atoms with Gasteiger partial charge in [-0.05, 0) is 0 Å². The Morgan fingerprint density at radius 3 is 2.65 bits per heavy atom. The van der Waals surface area contributed by atoms with Crippen molar-refractivity contribution in [1.82, 2.24) is 9.97 Å². The summed E-state index contributed by atoms with van der Waals surface area (Å²) in [5.41, 5.74) is 6.84. The third-order valence-electron chi connectivity index (χ3n) is 3.21. The summed E-state index contributed by atoms with van der Waals surface area (Å²) in [6.07, 6.45) is 0.277. The quantitative estimate of drug-likeness (QED) is 0.831. The smallest absolute Gasteiger partial charge is 0.252 e. The Labute approximate surface area is 115 Å². The number of benzene rings is 1. The Balaban J connectivity index is 2.04. The molecule has 1 saturated heterocycles. The Hall–Kier alpha value is -2.47. The molecule has 1 aromatic heterocycles. The van der Waals surface area contributed by atoms with Gasteiger partial charge in [0.05, 0.1) is 5.69 Å². The first-order chi connectivity index (χ1) is 9.63. The number of nitrogens with two attached hydrogens (primary N) is 1. The van der Waals surface area contributed by atoms with Crippen LogP contribution in [0.3, 0.4) is 0 Å². The number of aromatic nitrogens is 2. The summed E-state index contributed by atoms with van der Waals surface area (Å²) < 4.78 is 0. The van der Waals surface area contributed by atoms with E-state index < -0.39 is 0 Å². The topological polar surface area (TPSA) is 92.1 Å². The summed E-state index contributed by atoms with van der Waals surface area (Å²) in [5.74, 6) is 0.139. The number of H-pyrrole nitrogens is 1. The number of aromatic amines is 1. The Morgan fingerprint density at radius 1 is 1.25 bits per heavy atom. The summed E-state index contributed by atoms with van der Waals surface area (Å²) in [4.78, 5) is 32.0. The average Bonchev–Trinajstić information content (AvgIpc) is 2.78. The van der Waals surface area contributed by atoms with Gasteiger partial charge in [-0.3, -0.25) is 19.5 Å². The van der Waals surface area contributed by atoms with Gasteiger partial charge in [0, 0.05) is 30.6 Å². The predicted molar refractivity (Wildman–Crippen MR) is 75.2 cm³/mol. The molecule has 102 valence electrons. The monoisotopic (exact) mass is 270 g/mol. The number of carbonyl (C=O) groups excluding carboxylic acids is 1. The number of hydrogen-bond donors (Lipinski definition) is 2. The lowest BCUT2D eigenvalue weighted by atomic mass is 10.1. The maximum Gasteiger partial charge on any atom is 0.252 e. The van der Waals surface area contributed by atoms with Crippen molar-refractivity contribution in [3.63, 3.8) is 0 Å². The van der Waals surface area contributed by atoms with Gasteiger partial charge in [-0.1, -0.05) is 30.3 Å². The van der Waals surface area contributed by atoms with Crippen molar-refractivity contribution in [1.29, 1.82) is 0 Å². The molecule has 1 fully saturated rings. The van der Waals surface area contributed by atoms with Crippen LogP contribution in [0.25, 0.3) is 11.3 Å². The van der Waals surface area contributed by atoms with Crippen LogP contribution in [0.2, 0.25) is 0 Å². The van der Waals surface area contributed by atoms with Crippen molar-refractivity contribution in [2.45, 2.75) is 12.5 Å². The summed E-state index contributed by atoms with van der Waals surface area (Å²) in [6, 6.07) is 10.6. The van der Waals surface area contributed by atoms with Crippen molar-refractivity contribution in [2.75, 3.05) is 11.4 Å². The van der Waals surface area contributed by atoms with Crippen LogP contribution in [0.4, 0.5) is 5.95 Å². The third-order valence-corrected chi connectivity index (χ3v) is 3.21. The zero-order valence-corrected chi connectivity index (χ0v) is 10.7. The second kappa shape index (κ2) is 4.90. The van der Waals surface area contributed by atoms with Crippen molar-refractivity contribution in [2.24, 2.45) is 5.73 Å². The number of nitrogens with zero attached hydrogens (tertiary/aromatic N) is 2. The van der Waals surface area contributed by atoms with Gasteiger partial charge >= 0.3 is 0 Å². The zero-order valence-electron chi connectivity index (χ0n) is 10.7. The summed E-state index contributed by atoms with van der Waals surface area (Å²) in [7, 11) is 0. The van der Waals surface area contributed by atoms with Gasteiger partial charge < -0.3 is 5.73 Å². The number of rotatable bonds is 2. The van der Waals surface area contributed by atoms with Gasteiger partial charge in [-0.2, -0.15) is 0 Å². The van der Waals surface area contributed by atoms with Gasteiger partial charge in [0.25, 0.3) is 5.56 Å². The maximum atomic E-state index is 11.8. The fourth-order valence-corrected chi connectivity index (χ4v) is 2.27. The normalized spacial score (nSPS) is 18.6. The molecule has 2 aromatic rings. The molecule has 1 amide bonds. The van der Waals surface area contributed by atoms with E-state index in [9.17, 15) is 9.59 Å². The van der Waals surface area contributed by atoms with E-state index in [-0.39, 0.29) is 29.9 Å². The molecule has 2 heterocycles. The highest BCUT2D eigenvalue weighted by Crippen LogP contribution is 2.20. The molecule has 0 radical (unpaired) electrons. The minimum absolute atomic E-state index is 0.120. The molecule has 3 N–H and O–H groups in total. The SMILES string of the molecule is NC1CC(=O)N(c2nc(-c3ccccc3)cc(=O)[nH]2)C1. The van der Waals surface area contributed by atoms with E-state index in [2.05, 4.69) is 9.97 Å². The Morgan fingerprint density at radius 2 is 2.00 bits per heavy atom. The van der Waals surface area contributed by atoms with Gasteiger partial charge in [0.1, 0.15) is 0 Å². The van der Waals surface area contributed by atoms with Gasteiger partial charge in [0.15, 0.2) is 0 Å². The Bertz CT molecular complexity index is 696. The third kappa shape index (κ3) is 2.33. The van der Waals surface area contributed by atoms with Gasteiger partial charge in [-0.15, -0.1) is 0 Å². The number of nitrogens with one attached hydrogen (secondary N) is 1. The first-order valence-electron chi connectivity index (χ1n) is 6.36. The van der Waals surface area contributed by atoms with E-state index >= 15 is 0 Å². The van der Waals surface area contributed by atoms with Crippen LogP contribution < -0.4 is 16.2 Å². The lowest BCUT2D eigenvalue weighted by Crippen LogP contribution is -2.31. The molecular weight excluding hydrogens is 256 g/mol. The van der Waals surface area contributed by atoms with Crippen LogP contribution in [-0.4, -0.2) is 28.5 Å². The van der Waals surface area contributed by atoms with Crippen LogP contribution in [0, 0.1) is 0 Å². The van der Waals surface area contributed by atoms with E-state index in [1.54, 1.807) is 0 Å². The molecule has 1 aliphatic rings. The summed E-state index contributed by atoms with van der Waals surface area (Å²) >= 11 is 0. The van der Waals surface area contributed by atoms with E-state index in [1.807, 2.05) is 30.3 Å². The fourth-order valence-electron chi connectivity index (χ4n) is 2.27. The van der Waals surface area contributed by atoms with Crippen LogP contribution in [0.1, 0.15) is 6.42 Å². The first-order valence-corrected chi connectivity index (χ1v) is 6.36. The predicted octanol–water partition coefficient (Wildman–Crippen LogP) is 0.501. The molecule has 6 nitrogen and oxygen atoms in total. The number of carbonyl (C=O) groups is 1. The van der Waals surface area contributed by atoms with Gasteiger partial charge in [-0.25, -0.2) is 4.98 Å². The first kappa shape index (κ1) is 12.6. The highest BCUT2D eigenvalue weighted by Gasteiger charge is 2.29.